The fourth-order valence-electron chi connectivity index (χ4n) is 2.06. The molecule has 0 heterocycles. The van der Waals surface area contributed by atoms with Gasteiger partial charge >= 0.3 is 0 Å². The van der Waals surface area contributed by atoms with Crippen LogP contribution in [0.1, 0.15) is 22.8 Å². The lowest BCUT2D eigenvalue weighted by Crippen LogP contribution is -1.95. The maximum atomic E-state index is 11.3. The molecule has 2 aromatic rings. The molecule has 0 fully saturated rings. The van der Waals surface area contributed by atoms with E-state index in [4.69, 9.17) is 9.47 Å². The quantitative estimate of drug-likeness (QED) is 0.350. The van der Waals surface area contributed by atoms with E-state index < -0.39 is 4.92 Å². The summed E-state index contributed by atoms with van der Waals surface area (Å²) in [4.78, 5) is 26.1. The normalized spacial score (nSPS) is 10.6. The van der Waals surface area contributed by atoms with Crippen molar-refractivity contribution in [1.29, 1.82) is 0 Å². The fraction of sp³-hybridized carbons (Fsp3) is 0.176. The molecule has 2 aromatic carbocycles. The number of hydrogen-bond donors (Lipinski definition) is 0. The van der Waals surface area contributed by atoms with Crippen LogP contribution < -0.4 is 9.47 Å². The molecule has 0 aliphatic carbocycles. The summed E-state index contributed by atoms with van der Waals surface area (Å²) in [6.45, 7) is 1.48. The Morgan fingerprint density at radius 3 is 2.21 bits per heavy atom. The van der Waals surface area contributed by atoms with Crippen LogP contribution in [0.4, 0.5) is 11.4 Å². The van der Waals surface area contributed by atoms with Gasteiger partial charge in [-0.1, -0.05) is 24.3 Å². The first kappa shape index (κ1) is 17.1. The number of nitrogens with zero attached hydrogens (tertiary/aromatic N) is 2. The standard InChI is InChI=1S/C17H16N2O5/c1-11(20)13-6-4-12(5-7-13)10-18-14-8-16(23-2)17(24-3)9-15(14)19(21)22/h4-10H,1-3H3. The van der Waals surface area contributed by atoms with E-state index in [0.29, 0.717) is 16.9 Å². The summed E-state index contributed by atoms with van der Waals surface area (Å²) < 4.78 is 10.2. The van der Waals surface area contributed by atoms with E-state index in [1.165, 1.54) is 39.5 Å². The highest BCUT2D eigenvalue weighted by Crippen LogP contribution is 2.39. The Labute approximate surface area is 138 Å². The van der Waals surface area contributed by atoms with Crippen molar-refractivity contribution in [2.45, 2.75) is 6.92 Å². The number of aliphatic imine (C=N–C) groups is 1. The monoisotopic (exact) mass is 328 g/mol. The van der Waals surface area contributed by atoms with Crippen molar-refractivity contribution in [3.8, 4) is 11.5 Å². The molecule has 0 spiro atoms. The summed E-state index contributed by atoms with van der Waals surface area (Å²) in [6, 6.07) is 9.49. The predicted octanol–water partition coefficient (Wildman–Crippen LogP) is 3.57. The van der Waals surface area contributed by atoms with Crippen LogP contribution in [-0.2, 0) is 0 Å². The average molecular weight is 328 g/mol. The molecule has 7 heteroatoms. The van der Waals surface area contributed by atoms with Gasteiger partial charge in [0.1, 0.15) is 5.69 Å². The van der Waals surface area contributed by atoms with Crippen molar-refractivity contribution in [3.63, 3.8) is 0 Å². The van der Waals surface area contributed by atoms with Gasteiger partial charge < -0.3 is 9.47 Å². The van der Waals surface area contributed by atoms with Crippen LogP contribution in [0.25, 0.3) is 0 Å². The van der Waals surface area contributed by atoms with Gasteiger partial charge in [0.15, 0.2) is 17.3 Å². The number of ether oxygens (including phenoxy) is 2. The van der Waals surface area contributed by atoms with E-state index in [-0.39, 0.29) is 22.9 Å². The highest BCUT2D eigenvalue weighted by Gasteiger charge is 2.18. The van der Waals surface area contributed by atoms with E-state index in [2.05, 4.69) is 4.99 Å². The van der Waals surface area contributed by atoms with Gasteiger partial charge in [-0.05, 0) is 12.5 Å². The molecule has 0 atom stereocenters. The fourth-order valence-corrected chi connectivity index (χ4v) is 2.06. The van der Waals surface area contributed by atoms with Crippen LogP contribution >= 0.6 is 0 Å². The minimum atomic E-state index is -0.534. The molecule has 0 bridgehead atoms. The van der Waals surface area contributed by atoms with Gasteiger partial charge in [0.05, 0.1) is 25.2 Å². The Hall–Kier alpha value is -3.22. The molecule has 24 heavy (non-hydrogen) atoms. The first-order valence-electron chi connectivity index (χ1n) is 7.01. The summed E-state index contributed by atoms with van der Waals surface area (Å²) in [6.07, 6.45) is 1.48. The van der Waals surface area contributed by atoms with Crippen LogP contribution in [0, 0.1) is 10.1 Å². The first-order valence-corrected chi connectivity index (χ1v) is 7.01. The lowest BCUT2D eigenvalue weighted by atomic mass is 10.1. The summed E-state index contributed by atoms with van der Waals surface area (Å²) in [5.41, 5.74) is 1.26. The average Bonchev–Trinajstić information content (AvgIpc) is 2.59. The van der Waals surface area contributed by atoms with Gasteiger partial charge in [-0.2, -0.15) is 0 Å². The van der Waals surface area contributed by atoms with Crippen LogP contribution in [0.3, 0.4) is 0 Å². The zero-order chi connectivity index (χ0) is 17.7. The minimum Gasteiger partial charge on any atom is -0.493 e. The van der Waals surface area contributed by atoms with Gasteiger partial charge in [0.25, 0.3) is 5.69 Å². The molecular weight excluding hydrogens is 312 g/mol. The third-order valence-electron chi connectivity index (χ3n) is 3.35. The predicted molar refractivity (Wildman–Crippen MR) is 89.9 cm³/mol. The number of Topliss-reactive ketones (excluding diaryl/α,β-unsaturated/α-hetero) is 1. The zero-order valence-electron chi connectivity index (χ0n) is 13.5. The summed E-state index contributed by atoms with van der Waals surface area (Å²) in [5.74, 6) is 0.574. The maximum absolute atomic E-state index is 11.3. The van der Waals surface area contributed by atoms with Crippen LogP contribution in [0.5, 0.6) is 11.5 Å². The number of methoxy groups -OCH3 is 2. The molecule has 0 N–H and O–H groups in total. The minimum absolute atomic E-state index is 0.0333. The van der Waals surface area contributed by atoms with E-state index >= 15 is 0 Å². The van der Waals surface area contributed by atoms with Gasteiger partial charge in [-0.3, -0.25) is 14.9 Å². The number of nitro groups is 1. The SMILES string of the molecule is COc1cc(N=Cc2ccc(C(C)=O)cc2)c([N+](=O)[O-])cc1OC. The highest BCUT2D eigenvalue weighted by molar-refractivity contribution is 5.95. The van der Waals surface area contributed by atoms with Crippen LogP contribution in [-0.4, -0.2) is 31.1 Å². The maximum Gasteiger partial charge on any atom is 0.298 e. The molecule has 0 unspecified atom stereocenters. The lowest BCUT2D eigenvalue weighted by Gasteiger charge is -2.08. The second-order valence-corrected chi connectivity index (χ2v) is 4.89. The van der Waals surface area contributed by atoms with E-state index in [1.54, 1.807) is 24.3 Å². The Morgan fingerprint density at radius 1 is 1.12 bits per heavy atom. The molecule has 0 saturated heterocycles. The largest absolute Gasteiger partial charge is 0.493 e. The second-order valence-electron chi connectivity index (χ2n) is 4.89. The van der Waals surface area contributed by atoms with Crippen molar-refractivity contribution in [1.82, 2.24) is 0 Å². The van der Waals surface area contributed by atoms with Crippen LogP contribution in [0.2, 0.25) is 0 Å². The van der Waals surface area contributed by atoms with E-state index in [9.17, 15) is 14.9 Å². The number of carbonyl (C=O) groups excluding carboxylic acids is 1. The number of nitro benzene ring substituents is 1. The van der Waals surface area contributed by atoms with E-state index in [1.807, 2.05) is 0 Å². The number of benzene rings is 2. The zero-order valence-corrected chi connectivity index (χ0v) is 13.5. The summed E-state index contributed by atoms with van der Waals surface area (Å²) in [5, 5.41) is 11.2. The topological polar surface area (TPSA) is 91.0 Å². The summed E-state index contributed by atoms with van der Waals surface area (Å²) in [7, 11) is 2.85. The number of hydrogen-bond acceptors (Lipinski definition) is 6. The van der Waals surface area contributed by atoms with Crippen molar-refractivity contribution in [3.05, 3.63) is 57.6 Å². The lowest BCUT2D eigenvalue weighted by molar-refractivity contribution is -0.384. The molecule has 7 nitrogen and oxygen atoms in total. The van der Waals surface area contributed by atoms with Crippen molar-refractivity contribution in [2.24, 2.45) is 4.99 Å². The molecule has 0 aliphatic heterocycles. The molecule has 124 valence electrons. The Morgan fingerprint density at radius 2 is 1.71 bits per heavy atom. The van der Waals surface area contributed by atoms with Crippen LogP contribution in [0.15, 0.2) is 41.4 Å². The molecular formula is C17H16N2O5. The Bertz CT molecular complexity index is 797. The Balaban J connectivity index is 2.40. The highest BCUT2D eigenvalue weighted by atomic mass is 16.6. The molecule has 0 aromatic heterocycles. The first-order chi connectivity index (χ1) is 11.5. The van der Waals surface area contributed by atoms with Gasteiger partial charge in [0, 0.05) is 17.8 Å². The number of carbonyl (C=O) groups is 1. The Kier molecular flexibility index (Phi) is 5.26. The third kappa shape index (κ3) is 3.75. The molecule has 2 rings (SSSR count). The van der Waals surface area contributed by atoms with E-state index in [0.717, 1.165) is 0 Å². The summed E-state index contributed by atoms with van der Waals surface area (Å²) >= 11 is 0. The van der Waals surface area contributed by atoms with Gasteiger partial charge in [-0.15, -0.1) is 0 Å². The molecule has 0 amide bonds. The number of rotatable bonds is 6. The molecule has 0 radical (unpaired) electrons. The molecule has 0 aliphatic rings. The van der Waals surface area contributed by atoms with Gasteiger partial charge in [0.2, 0.25) is 0 Å². The van der Waals surface area contributed by atoms with Crippen molar-refractivity contribution < 1.29 is 19.2 Å². The van der Waals surface area contributed by atoms with Gasteiger partial charge in [-0.25, -0.2) is 4.99 Å². The third-order valence-corrected chi connectivity index (χ3v) is 3.35. The second kappa shape index (κ2) is 7.36. The smallest absolute Gasteiger partial charge is 0.298 e. The van der Waals surface area contributed by atoms with Crippen molar-refractivity contribution >= 4 is 23.4 Å². The molecule has 0 saturated carbocycles. The van der Waals surface area contributed by atoms with Crippen molar-refractivity contribution in [2.75, 3.05) is 14.2 Å². The number of ketones is 1.